The average Bonchev–Trinajstić information content (AvgIpc) is 3.14. The summed E-state index contributed by atoms with van der Waals surface area (Å²) < 4.78 is 11.9. The molecule has 1 atom stereocenters. The van der Waals surface area contributed by atoms with E-state index in [2.05, 4.69) is 36.0 Å². The van der Waals surface area contributed by atoms with Crippen LogP contribution >= 0.6 is 0 Å². The number of rotatable bonds is 4. The molecule has 6 nitrogen and oxygen atoms in total. The van der Waals surface area contributed by atoms with E-state index < -0.39 is 0 Å². The van der Waals surface area contributed by atoms with Crippen LogP contribution in [0.5, 0.6) is 0 Å². The SMILES string of the molecule is CN(C)[C@H]1CCN(c2c(-c3ccccc3)c3c(c4nc(C5CC5)oc24)C(=O)OC3)C1. The molecule has 1 aromatic heterocycles. The zero-order chi connectivity index (χ0) is 20.4. The number of fused-ring (bicyclic) bond motifs is 3. The number of cyclic esters (lactones) is 1. The van der Waals surface area contributed by atoms with Crippen molar-refractivity contribution in [3.8, 4) is 11.1 Å². The van der Waals surface area contributed by atoms with Gasteiger partial charge in [-0.05, 0) is 38.9 Å². The van der Waals surface area contributed by atoms with Crippen molar-refractivity contribution in [3.05, 3.63) is 47.3 Å². The number of hydrogen-bond donors (Lipinski definition) is 0. The molecule has 3 aliphatic rings. The molecule has 2 aromatic carbocycles. The molecule has 154 valence electrons. The molecule has 0 spiro atoms. The van der Waals surface area contributed by atoms with Gasteiger partial charge in [0.05, 0.1) is 11.3 Å². The van der Waals surface area contributed by atoms with Crippen LogP contribution in [-0.2, 0) is 11.3 Å². The molecule has 0 radical (unpaired) electrons. The van der Waals surface area contributed by atoms with Crippen LogP contribution in [0.2, 0.25) is 0 Å². The summed E-state index contributed by atoms with van der Waals surface area (Å²) in [5, 5.41) is 0. The molecule has 0 N–H and O–H groups in total. The smallest absolute Gasteiger partial charge is 0.341 e. The van der Waals surface area contributed by atoms with Crippen molar-refractivity contribution in [1.82, 2.24) is 9.88 Å². The Labute approximate surface area is 175 Å². The van der Waals surface area contributed by atoms with Gasteiger partial charge < -0.3 is 19.0 Å². The Kier molecular flexibility index (Phi) is 3.93. The minimum atomic E-state index is -0.290. The van der Waals surface area contributed by atoms with Crippen LogP contribution in [-0.4, -0.2) is 49.1 Å². The van der Waals surface area contributed by atoms with Gasteiger partial charge in [-0.25, -0.2) is 9.78 Å². The first-order chi connectivity index (χ1) is 14.6. The molecule has 1 saturated carbocycles. The van der Waals surface area contributed by atoms with Crippen molar-refractivity contribution in [2.75, 3.05) is 32.1 Å². The first-order valence-electron chi connectivity index (χ1n) is 10.7. The van der Waals surface area contributed by atoms with Crippen LogP contribution in [0.1, 0.15) is 47.0 Å². The van der Waals surface area contributed by atoms with Crippen LogP contribution < -0.4 is 4.90 Å². The van der Waals surface area contributed by atoms with Gasteiger partial charge in [0.15, 0.2) is 11.5 Å². The predicted octanol–water partition coefficient (Wildman–Crippen LogP) is 4.18. The summed E-state index contributed by atoms with van der Waals surface area (Å²) in [6, 6.07) is 10.8. The van der Waals surface area contributed by atoms with Gasteiger partial charge in [-0.2, -0.15) is 0 Å². The van der Waals surface area contributed by atoms with E-state index in [1.807, 2.05) is 18.2 Å². The number of carbonyl (C=O) groups is 1. The lowest BCUT2D eigenvalue weighted by Gasteiger charge is -2.25. The van der Waals surface area contributed by atoms with E-state index in [0.29, 0.717) is 23.0 Å². The molecular formula is C24H25N3O3. The molecule has 2 fully saturated rings. The fourth-order valence-corrected chi connectivity index (χ4v) is 4.85. The molecule has 0 bridgehead atoms. The lowest BCUT2D eigenvalue weighted by Crippen LogP contribution is -2.31. The highest BCUT2D eigenvalue weighted by Gasteiger charge is 2.38. The monoisotopic (exact) mass is 403 g/mol. The minimum Gasteiger partial charge on any atom is -0.457 e. The zero-order valence-corrected chi connectivity index (χ0v) is 17.4. The normalized spacial score (nSPS) is 21.0. The van der Waals surface area contributed by atoms with E-state index in [1.165, 1.54) is 0 Å². The topological polar surface area (TPSA) is 58.8 Å². The molecule has 0 amide bonds. The summed E-state index contributed by atoms with van der Waals surface area (Å²) in [6.45, 7) is 2.16. The van der Waals surface area contributed by atoms with Gasteiger partial charge in [-0.15, -0.1) is 0 Å². The molecule has 6 rings (SSSR count). The third-order valence-electron chi connectivity index (χ3n) is 6.69. The largest absolute Gasteiger partial charge is 0.457 e. The number of nitrogens with zero attached hydrogens (tertiary/aromatic N) is 3. The Morgan fingerprint density at radius 3 is 2.60 bits per heavy atom. The molecular weight excluding hydrogens is 378 g/mol. The van der Waals surface area contributed by atoms with Crippen LogP contribution in [0.25, 0.3) is 22.2 Å². The zero-order valence-electron chi connectivity index (χ0n) is 17.4. The fraction of sp³-hybridized carbons (Fsp3) is 0.417. The lowest BCUT2D eigenvalue weighted by molar-refractivity contribution is 0.0536. The lowest BCUT2D eigenvalue weighted by atomic mass is 9.93. The van der Waals surface area contributed by atoms with Gasteiger partial charge in [0.25, 0.3) is 0 Å². The first-order valence-corrected chi connectivity index (χ1v) is 10.7. The van der Waals surface area contributed by atoms with Gasteiger partial charge in [-0.1, -0.05) is 30.3 Å². The van der Waals surface area contributed by atoms with Crippen molar-refractivity contribution in [1.29, 1.82) is 0 Å². The predicted molar refractivity (Wildman–Crippen MR) is 115 cm³/mol. The van der Waals surface area contributed by atoms with Gasteiger partial charge in [0.2, 0.25) is 0 Å². The van der Waals surface area contributed by atoms with Crippen molar-refractivity contribution in [2.45, 2.75) is 37.8 Å². The second-order valence-electron chi connectivity index (χ2n) is 8.88. The second kappa shape index (κ2) is 6.57. The number of oxazole rings is 1. The number of ether oxygens (including phenoxy) is 1. The second-order valence-corrected chi connectivity index (χ2v) is 8.88. The Morgan fingerprint density at radius 1 is 1.10 bits per heavy atom. The molecule has 0 unspecified atom stereocenters. The van der Waals surface area contributed by atoms with E-state index in [-0.39, 0.29) is 12.6 Å². The Morgan fingerprint density at radius 2 is 1.90 bits per heavy atom. The van der Waals surface area contributed by atoms with Crippen LogP contribution in [0.4, 0.5) is 5.69 Å². The molecule has 3 heterocycles. The van der Waals surface area contributed by atoms with E-state index in [1.54, 1.807) is 0 Å². The summed E-state index contributed by atoms with van der Waals surface area (Å²) in [5.74, 6) is 0.857. The van der Waals surface area contributed by atoms with E-state index in [4.69, 9.17) is 14.1 Å². The number of aromatic nitrogens is 1. The average molecular weight is 403 g/mol. The fourth-order valence-electron chi connectivity index (χ4n) is 4.85. The highest BCUT2D eigenvalue weighted by atomic mass is 16.5. The van der Waals surface area contributed by atoms with Crippen LogP contribution in [0.15, 0.2) is 34.7 Å². The summed E-state index contributed by atoms with van der Waals surface area (Å²) in [7, 11) is 4.27. The van der Waals surface area contributed by atoms with E-state index >= 15 is 0 Å². The highest BCUT2D eigenvalue weighted by molar-refractivity contribution is 6.13. The first kappa shape index (κ1) is 18.0. The maximum atomic E-state index is 12.7. The van der Waals surface area contributed by atoms with Gasteiger partial charge in [0.1, 0.15) is 12.1 Å². The Bertz CT molecular complexity index is 1150. The summed E-state index contributed by atoms with van der Waals surface area (Å²) in [4.78, 5) is 22.2. The summed E-state index contributed by atoms with van der Waals surface area (Å²) in [6.07, 6.45) is 3.30. The number of esters is 1. The van der Waals surface area contributed by atoms with Crippen LogP contribution in [0, 0.1) is 0 Å². The summed E-state index contributed by atoms with van der Waals surface area (Å²) >= 11 is 0. The van der Waals surface area contributed by atoms with Gasteiger partial charge >= 0.3 is 5.97 Å². The molecule has 6 heteroatoms. The minimum absolute atomic E-state index is 0.290. The number of benzene rings is 2. The molecule has 30 heavy (non-hydrogen) atoms. The molecule has 2 aliphatic heterocycles. The third kappa shape index (κ3) is 2.67. The van der Waals surface area contributed by atoms with Crippen molar-refractivity contribution in [3.63, 3.8) is 0 Å². The van der Waals surface area contributed by atoms with E-state index in [9.17, 15) is 4.79 Å². The maximum absolute atomic E-state index is 12.7. The van der Waals surface area contributed by atoms with Gasteiger partial charge in [-0.3, -0.25) is 0 Å². The third-order valence-corrected chi connectivity index (χ3v) is 6.69. The number of hydrogen-bond acceptors (Lipinski definition) is 6. The van der Waals surface area contributed by atoms with Gasteiger partial charge in [0, 0.05) is 36.2 Å². The number of carbonyl (C=O) groups excluding carboxylic acids is 1. The quantitative estimate of drug-likeness (QED) is 0.609. The Hall–Kier alpha value is -2.86. The van der Waals surface area contributed by atoms with Crippen molar-refractivity contribution < 1.29 is 13.9 Å². The van der Waals surface area contributed by atoms with Crippen molar-refractivity contribution in [2.24, 2.45) is 0 Å². The summed E-state index contributed by atoms with van der Waals surface area (Å²) in [5.41, 5.74) is 6.16. The molecule has 1 saturated heterocycles. The number of anilines is 1. The van der Waals surface area contributed by atoms with Crippen molar-refractivity contribution >= 4 is 22.8 Å². The Balaban J connectivity index is 1.65. The van der Waals surface area contributed by atoms with Crippen LogP contribution in [0.3, 0.4) is 0 Å². The number of likely N-dealkylation sites (N-methyl/N-ethyl adjacent to an activating group) is 1. The molecule has 1 aliphatic carbocycles. The molecule has 3 aromatic rings. The standard InChI is InChI=1S/C24H25N3O3/c1-26(2)16-10-11-27(12-16)21-18(14-6-4-3-5-7-14)17-13-29-24(28)19(17)20-22(21)30-23(25-20)15-8-9-15/h3-7,15-16H,8-13H2,1-2H3/t16-/m0/s1. The van der Waals surface area contributed by atoms with E-state index in [0.717, 1.165) is 66.2 Å². The highest BCUT2D eigenvalue weighted by Crippen LogP contribution is 2.49. The maximum Gasteiger partial charge on any atom is 0.341 e.